The zero-order chi connectivity index (χ0) is 14.6. The summed E-state index contributed by atoms with van der Waals surface area (Å²) in [5.41, 5.74) is 1.76. The van der Waals surface area contributed by atoms with Crippen LogP contribution in [0.2, 0.25) is 0 Å². The molecule has 0 unspecified atom stereocenters. The second kappa shape index (κ2) is 5.92. The molecule has 2 aromatic rings. The average molecular weight is 292 g/mol. The van der Waals surface area contributed by atoms with Gasteiger partial charge in [-0.2, -0.15) is 0 Å². The predicted octanol–water partition coefficient (Wildman–Crippen LogP) is 2.11. The maximum absolute atomic E-state index is 11.3. The predicted molar refractivity (Wildman–Crippen MR) is 77.7 cm³/mol. The van der Waals surface area contributed by atoms with Crippen LogP contribution in [0.15, 0.2) is 47.5 Å². The van der Waals surface area contributed by atoms with E-state index in [1.165, 1.54) is 18.4 Å². The Kier molecular flexibility index (Phi) is 4.24. The first-order valence-corrected chi connectivity index (χ1v) is 7.94. The number of rotatable bonds is 5. The minimum atomic E-state index is -3.17. The van der Waals surface area contributed by atoms with Gasteiger partial charge in [0.05, 0.1) is 10.6 Å². The van der Waals surface area contributed by atoms with E-state index in [1.54, 1.807) is 18.3 Å². The minimum Gasteiger partial charge on any atom is -0.487 e. The summed E-state index contributed by atoms with van der Waals surface area (Å²) in [6, 6.07) is 10.1. The fourth-order valence-corrected chi connectivity index (χ4v) is 2.28. The van der Waals surface area contributed by atoms with Crippen molar-refractivity contribution in [1.82, 2.24) is 4.98 Å². The molecule has 0 bridgehead atoms. The Morgan fingerprint density at radius 3 is 2.50 bits per heavy atom. The molecule has 1 N–H and O–H groups in total. The highest BCUT2D eigenvalue weighted by molar-refractivity contribution is 7.90. The van der Waals surface area contributed by atoms with E-state index in [1.807, 2.05) is 19.2 Å². The van der Waals surface area contributed by atoms with Gasteiger partial charge < -0.3 is 10.1 Å². The van der Waals surface area contributed by atoms with E-state index in [0.717, 1.165) is 11.4 Å². The van der Waals surface area contributed by atoms with Crippen LogP contribution in [0.1, 0.15) is 5.69 Å². The Bertz CT molecular complexity index is 682. The first-order chi connectivity index (χ1) is 9.49. The zero-order valence-electron chi connectivity index (χ0n) is 11.3. The summed E-state index contributed by atoms with van der Waals surface area (Å²) in [6.45, 7) is 0.327. The lowest BCUT2D eigenvalue weighted by Crippen LogP contribution is -2.00. The molecule has 0 amide bonds. The Balaban J connectivity index is 2.04. The van der Waals surface area contributed by atoms with E-state index < -0.39 is 9.84 Å². The van der Waals surface area contributed by atoms with Crippen LogP contribution in [0.3, 0.4) is 0 Å². The van der Waals surface area contributed by atoms with Crippen molar-refractivity contribution in [3.63, 3.8) is 0 Å². The lowest BCUT2D eigenvalue weighted by Gasteiger charge is -2.07. The number of sulfone groups is 1. The number of benzene rings is 1. The Morgan fingerprint density at radius 1 is 1.20 bits per heavy atom. The fourth-order valence-electron chi connectivity index (χ4n) is 1.65. The van der Waals surface area contributed by atoms with Gasteiger partial charge in [-0.1, -0.05) is 0 Å². The molecular formula is C14H16N2O3S. The quantitative estimate of drug-likeness (QED) is 0.914. The van der Waals surface area contributed by atoms with Gasteiger partial charge in [0.1, 0.15) is 12.4 Å². The standard InChI is InChI=1S/C14H16N2O3S/c1-15-11-7-8-16-12(9-11)10-19-13-3-5-14(6-4-13)20(2,17)18/h3-9H,10H2,1-2H3,(H,15,16). The number of pyridine rings is 1. The molecule has 0 saturated heterocycles. The molecule has 0 aliphatic carbocycles. The summed E-state index contributed by atoms with van der Waals surface area (Å²) in [5, 5.41) is 3.03. The van der Waals surface area contributed by atoms with Gasteiger partial charge in [-0.3, -0.25) is 4.98 Å². The monoisotopic (exact) mass is 292 g/mol. The molecular weight excluding hydrogens is 276 g/mol. The summed E-state index contributed by atoms with van der Waals surface area (Å²) < 4.78 is 28.2. The Labute approximate surface area is 118 Å². The molecule has 20 heavy (non-hydrogen) atoms. The maximum Gasteiger partial charge on any atom is 0.175 e. The first kappa shape index (κ1) is 14.3. The van der Waals surface area contributed by atoms with Gasteiger partial charge in [-0.15, -0.1) is 0 Å². The number of ether oxygens (including phenoxy) is 1. The summed E-state index contributed by atoms with van der Waals surface area (Å²) in [7, 11) is -1.33. The molecule has 2 rings (SSSR count). The van der Waals surface area contributed by atoms with Crippen LogP contribution >= 0.6 is 0 Å². The third kappa shape index (κ3) is 3.71. The van der Waals surface area contributed by atoms with Gasteiger partial charge in [-0.05, 0) is 36.4 Å². The van der Waals surface area contributed by atoms with E-state index in [0.29, 0.717) is 12.4 Å². The first-order valence-electron chi connectivity index (χ1n) is 6.04. The van der Waals surface area contributed by atoms with Gasteiger partial charge in [0.15, 0.2) is 9.84 Å². The van der Waals surface area contributed by atoms with Crippen molar-refractivity contribution >= 4 is 15.5 Å². The van der Waals surface area contributed by atoms with Crippen LogP contribution in [-0.4, -0.2) is 26.7 Å². The van der Waals surface area contributed by atoms with Crippen LogP contribution in [0.5, 0.6) is 5.75 Å². The van der Waals surface area contributed by atoms with Crippen LogP contribution in [0.4, 0.5) is 5.69 Å². The average Bonchev–Trinajstić information content (AvgIpc) is 2.45. The van der Waals surface area contributed by atoms with E-state index in [-0.39, 0.29) is 4.90 Å². The number of nitrogens with one attached hydrogen (secondary N) is 1. The third-order valence-electron chi connectivity index (χ3n) is 2.74. The highest BCUT2D eigenvalue weighted by atomic mass is 32.2. The molecule has 0 saturated carbocycles. The molecule has 0 aliphatic rings. The smallest absolute Gasteiger partial charge is 0.175 e. The highest BCUT2D eigenvalue weighted by Gasteiger charge is 2.06. The largest absolute Gasteiger partial charge is 0.487 e. The minimum absolute atomic E-state index is 0.278. The van der Waals surface area contributed by atoms with E-state index in [9.17, 15) is 8.42 Å². The molecule has 1 heterocycles. The second-order valence-electron chi connectivity index (χ2n) is 4.32. The van der Waals surface area contributed by atoms with Crippen molar-refractivity contribution in [3.8, 4) is 5.75 Å². The van der Waals surface area contributed by atoms with Crippen molar-refractivity contribution in [2.75, 3.05) is 18.6 Å². The number of hydrogen-bond donors (Lipinski definition) is 1. The molecule has 0 atom stereocenters. The Hall–Kier alpha value is -2.08. The maximum atomic E-state index is 11.3. The lowest BCUT2D eigenvalue weighted by atomic mass is 10.3. The summed E-state index contributed by atoms with van der Waals surface area (Å²) >= 11 is 0. The molecule has 0 aliphatic heterocycles. The fraction of sp³-hybridized carbons (Fsp3) is 0.214. The molecule has 1 aromatic heterocycles. The lowest BCUT2D eigenvalue weighted by molar-refractivity contribution is 0.301. The Morgan fingerprint density at radius 2 is 1.90 bits per heavy atom. The van der Waals surface area contributed by atoms with E-state index >= 15 is 0 Å². The van der Waals surface area contributed by atoms with Gasteiger partial charge >= 0.3 is 0 Å². The molecule has 6 heteroatoms. The third-order valence-corrected chi connectivity index (χ3v) is 3.87. The number of aromatic nitrogens is 1. The van der Waals surface area contributed by atoms with Gasteiger partial charge in [0, 0.05) is 25.2 Å². The SMILES string of the molecule is CNc1ccnc(COc2ccc(S(C)(=O)=O)cc2)c1. The molecule has 0 radical (unpaired) electrons. The topological polar surface area (TPSA) is 68.3 Å². The molecule has 0 fully saturated rings. The molecule has 1 aromatic carbocycles. The number of anilines is 1. The van der Waals surface area contributed by atoms with Crippen molar-refractivity contribution in [2.24, 2.45) is 0 Å². The summed E-state index contributed by atoms with van der Waals surface area (Å²) in [6.07, 6.45) is 2.88. The summed E-state index contributed by atoms with van der Waals surface area (Å²) in [4.78, 5) is 4.48. The second-order valence-corrected chi connectivity index (χ2v) is 6.33. The van der Waals surface area contributed by atoms with Crippen molar-refractivity contribution in [2.45, 2.75) is 11.5 Å². The van der Waals surface area contributed by atoms with Crippen molar-refractivity contribution in [3.05, 3.63) is 48.3 Å². The van der Waals surface area contributed by atoms with Gasteiger partial charge in [0.25, 0.3) is 0 Å². The molecule has 0 spiro atoms. The van der Waals surface area contributed by atoms with Gasteiger partial charge in [0.2, 0.25) is 0 Å². The number of hydrogen-bond acceptors (Lipinski definition) is 5. The summed E-state index contributed by atoms with van der Waals surface area (Å²) in [5.74, 6) is 0.606. The van der Waals surface area contributed by atoms with E-state index in [2.05, 4.69) is 10.3 Å². The van der Waals surface area contributed by atoms with Crippen LogP contribution < -0.4 is 10.1 Å². The van der Waals surface area contributed by atoms with Gasteiger partial charge in [-0.25, -0.2) is 8.42 Å². The van der Waals surface area contributed by atoms with Crippen molar-refractivity contribution < 1.29 is 13.2 Å². The van der Waals surface area contributed by atoms with Crippen LogP contribution in [0.25, 0.3) is 0 Å². The normalized spacial score (nSPS) is 11.1. The molecule has 5 nitrogen and oxygen atoms in total. The van der Waals surface area contributed by atoms with Crippen LogP contribution in [0, 0.1) is 0 Å². The number of nitrogens with zero attached hydrogens (tertiary/aromatic N) is 1. The highest BCUT2D eigenvalue weighted by Crippen LogP contribution is 2.17. The van der Waals surface area contributed by atoms with Crippen molar-refractivity contribution in [1.29, 1.82) is 0 Å². The molecule has 106 valence electrons. The zero-order valence-corrected chi connectivity index (χ0v) is 12.1. The van der Waals surface area contributed by atoms with E-state index in [4.69, 9.17) is 4.74 Å². The van der Waals surface area contributed by atoms with Crippen LogP contribution in [-0.2, 0) is 16.4 Å².